The maximum Gasteiger partial charge on any atom is 0.191 e. The Hall–Kier alpha value is -0.260. The van der Waals surface area contributed by atoms with Crippen molar-refractivity contribution in [2.75, 3.05) is 20.1 Å². The second-order valence-corrected chi connectivity index (χ2v) is 1.77. The Morgan fingerprint density at radius 3 is 2.55 bits per heavy atom. The number of nitrogens with one attached hydrogen (secondary N) is 2. The summed E-state index contributed by atoms with van der Waals surface area (Å²) >= 11 is 0. The van der Waals surface area contributed by atoms with Gasteiger partial charge in [-0.15, -0.1) is 30.6 Å². The summed E-state index contributed by atoms with van der Waals surface area (Å²) in [6, 6.07) is 0. The molecule has 0 saturated heterocycles. The number of hydrogen-bond donors (Lipinski definition) is 2. The van der Waals surface area contributed by atoms with Gasteiger partial charge in [0.2, 0.25) is 0 Å². The molecule has 3 nitrogen and oxygen atoms in total. The minimum absolute atomic E-state index is 0. The Labute approximate surface area is 85.4 Å². The third-order valence-electron chi connectivity index (χ3n) is 0.982. The van der Waals surface area contributed by atoms with E-state index in [1.807, 2.05) is 6.92 Å². The van der Waals surface area contributed by atoms with Crippen LogP contribution in [0.2, 0.25) is 0 Å². The van der Waals surface area contributed by atoms with Crippen LogP contribution in [0, 0.1) is 0 Å². The first-order valence-electron chi connectivity index (χ1n) is 3.40. The molecule has 4 heteroatoms. The molecule has 0 saturated carbocycles. The highest BCUT2D eigenvalue weighted by Crippen LogP contribution is 1.66. The van der Waals surface area contributed by atoms with Crippen molar-refractivity contribution in [2.24, 2.45) is 4.99 Å². The standard InChI is InChI=1S/C7H15N3.HI/c1-4-6-10-7(8-3)9-5-2;/h4H,1,5-6H2,2-3H3,(H2,8,9,10);1H. The largest absolute Gasteiger partial charge is 0.357 e. The normalized spacial score (nSPS) is 9.82. The molecule has 0 radical (unpaired) electrons. The summed E-state index contributed by atoms with van der Waals surface area (Å²) in [5.41, 5.74) is 0. The van der Waals surface area contributed by atoms with Crippen molar-refractivity contribution in [3.8, 4) is 0 Å². The molecule has 0 aliphatic rings. The number of nitrogens with zero attached hydrogens (tertiary/aromatic N) is 1. The van der Waals surface area contributed by atoms with Gasteiger partial charge in [-0.1, -0.05) is 6.08 Å². The summed E-state index contributed by atoms with van der Waals surface area (Å²) in [4.78, 5) is 3.96. The van der Waals surface area contributed by atoms with E-state index in [9.17, 15) is 0 Å². The van der Waals surface area contributed by atoms with Gasteiger partial charge in [-0.3, -0.25) is 4.99 Å². The van der Waals surface area contributed by atoms with E-state index in [4.69, 9.17) is 0 Å². The highest BCUT2D eigenvalue weighted by molar-refractivity contribution is 14.0. The lowest BCUT2D eigenvalue weighted by molar-refractivity contribution is 0.880. The monoisotopic (exact) mass is 269 g/mol. The Bertz CT molecular complexity index is 123. The Balaban J connectivity index is 0. The fraction of sp³-hybridized carbons (Fsp3) is 0.571. The molecule has 0 aromatic rings. The van der Waals surface area contributed by atoms with Gasteiger partial charge in [-0.2, -0.15) is 0 Å². The lowest BCUT2D eigenvalue weighted by Crippen LogP contribution is -2.36. The van der Waals surface area contributed by atoms with Crippen LogP contribution < -0.4 is 10.6 Å². The molecule has 0 fully saturated rings. The molecular weight excluding hydrogens is 253 g/mol. The van der Waals surface area contributed by atoms with Crippen LogP contribution in [0.4, 0.5) is 0 Å². The number of rotatable bonds is 3. The maximum atomic E-state index is 3.96. The average Bonchev–Trinajstić information content (AvgIpc) is 1.98. The van der Waals surface area contributed by atoms with E-state index in [2.05, 4.69) is 22.2 Å². The zero-order chi connectivity index (χ0) is 7.82. The molecule has 0 unspecified atom stereocenters. The molecule has 0 aromatic heterocycles. The molecule has 0 aliphatic heterocycles. The highest BCUT2D eigenvalue weighted by Gasteiger charge is 1.88. The molecule has 0 spiro atoms. The van der Waals surface area contributed by atoms with E-state index in [0.29, 0.717) is 0 Å². The first-order valence-corrected chi connectivity index (χ1v) is 3.40. The molecule has 0 atom stereocenters. The molecule has 0 rings (SSSR count). The summed E-state index contributed by atoms with van der Waals surface area (Å²) in [5, 5.41) is 6.10. The summed E-state index contributed by atoms with van der Waals surface area (Å²) in [6.45, 7) is 7.25. The third-order valence-corrected chi connectivity index (χ3v) is 0.982. The van der Waals surface area contributed by atoms with Gasteiger partial charge in [0.25, 0.3) is 0 Å². The van der Waals surface area contributed by atoms with E-state index in [1.54, 1.807) is 13.1 Å². The molecule has 0 aliphatic carbocycles. The zero-order valence-electron chi connectivity index (χ0n) is 7.05. The van der Waals surface area contributed by atoms with Gasteiger partial charge in [0.1, 0.15) is 0 Å². The second-order valence-electron chi connectivity index (χ2n) is 1.77. The predicted molar refractivity (Wildman–Crippen MR) is 60.7 cm³/mol. The van der Waals surface area contributed by atoms with Crippen LogP contribution in [0.15, 0.2) is 17.6 Å². The molecular formula is C7H16IN3. The van der Waals surface area contributed by atoms with Gasteiger partial charge < -0.3 is 10.6 Å². The predicted octanol–water partition coefficient (Wildman–Crippen LogP) is 0.975. The van der Waals surface area contributed by atoms with Crippen molar-refractivity contribution < 1.29 is 0 Å². The molecule has 66 valence electrons. The zero-order valence-corrected chi connectivity index (χ0v) is 9.38. The fourth-order valence-electron chi connectivity index (χ4n) is 0.557. The van der Waals surface area contributed by atoms with Crippen molar-refractivity contribution in [1.29, 1.82) is 0 Å². The SMILES string of the molecule is C=CCNC(=NC)NCC.I. The summed E-state index contributed by atoms with van der Waals surface area (Å²) in [6.07, 6.45) is 1.79. The second kappa shape index (κ2) is 9.74. The molecule has 0 aromatic carbocycles. The summed E-state index contributed by atoms with van der Waals surface area (Å²) in [5.74, 6) is 0.822. The highest BCUT2D eigenvalue weighted by atomic mass is 127. The molecule has 11 heavy (non-hydrogen) atoms. The van der Waals surface area contributed by atoms with E-state index in [1.165, 1.54) is 0 Å². The van der Waals surface area contributed by atoms with Gasteiger partial charge in [-0.25, -0.2) is 0 Å². The third kappa shape index (κ3) is 7.64. The lowest BCUT2D eigenvalue weighted by atomic mass is 10.6. The molecule has 0 amide bonds. The van der Waals surface area contributed by atoms with Gasteiger partial charge in [0.15, 0.2) is 5.96 Å². The van der Waals surface area contributed by atoms with Crippen molar-refractivity contribution in [3.05, 3.63) is 12.7 Å². The maximum absolute atomic E-state index is 3.96. The fourth-order valence-corrected chi connectivity index (χ4v) is 0.557. The topological polar surface area (TPSA) is 36.4 Å². The first kappa shape index (κ1) is 13.3. The lowest BCUT2D eigenvalue weighted by Gasteiger charge is -2.06. The van der Waals surface area contributed by atoms with E-state index in [0.717, 1.165) is 19.0 Å². The number of halogens is 1. The minimum Gasteiger partial charge on any atom is -0.357 e. The van der Waals surface area contributed by atoms with Crippen LogP contribution in [-0.2, 0) is 0 Å². The van der Waals surface area contributed by atoms with E-state index >= 15 is 0 Å². The van der Waals surface area contributed by atoms with Gasteiger partial charge in [-0.05, 0) is 6.92 Å². The summed E-state index contributed by atoms with van der Waals surface area (Å²) < 4.78 is 0. The Morgan fingerprint density at radius 2 is 2.18 bits per heavy atom. The van der Waals surface area contributed by atoms with Crippen LogP contribution >= 0.6 is 24.0 Å². The van der Waals surface area contributed by atoms with E-state index < -0.39 is 0 Å². The van der Waals surface area contributed by atoms with Crippen LogP contribution in [0.3, 0.4) is 0 Å². The van der Waals surface area contributed by atoms with Gasteiger partial charge >= 0.3 is 0 Å². The molecule has 0 bridgehead atoms. The quantitative estimate of drug-likeness (QED) is 0.347. The van der Waals surface area contributed by atoms with Crippen molar-refractivity contribution in [1.82, 2.24) is 10.6 Å². The van der Waals surface area contributed by atoms with E-state index in [-0.39, 0.29) is 24.0 Å². The Kier molecular flexibility index (Phi) is 11.8. The average molecular weight is 269 g/mol. The van der Waals surface area contributed by atoms with Crippen molar-refractivity contribution in [2.45, 2.75) is 6.92 Å². The Morgan fingerprint density at radius 1 is 1.55 bits per heavy atom. The smallest absolute Gasteiger partial charge is 0.191 e. The van der Waals surface area contributed by atoms with Gasteiger partial charge in [0, 0.05) is 20.1 Å². The van der Waals surface area contributed by atoms with Crippen molar-refractivity contribution in [3.63, 3.8) is 0 Å². The van der Waals surface area contributed by atoms with Gasteiger partial charge in [0.05, 0.1) is 0 Å². The number of aliphatic imine (C=N–C) groups is 1. The minimum atomic E-state index is 0. The van der Waals surface area contributed by atoms with Crippen LogP contribution in [0.5, 0.6) is 0 Å². The molecule has 2 N–H and O–H groups in total. The van der Waals surface area contributed by atoms with Crippen LogP contribution in [-0.4, -0.2) is 26.1 Å². The van der Waals surface area contributed by atoms with Crippen LogP contribution in [0.1, 0.15) is 6.92 Å². The first-order chi connectivity index (χ1) is 4.85. The van der Waals surface area contributed by atoms with Crippen LogP contribution in [0.25, 0.3) is 0 Å². The number of guanidine groups is 1. The van der Waals surface area contributed by atoms with Crippen molar-refractivity contribution >= 4 is 29.9 Å². The summed E-state index contributed by atoms with van der Waals surface area (Å²) in [7, 11) is 1.74. The number of hydrogen-bond acceptors (Lipinski definition) is 1. The molecule has 0 heterocycles.